The summed E-state index contributed by atoms with van der Waals surface area (Å²) >= 11 is 0. The summed E-state index contributed by atoms with van der Waals surface area (Å²) in [5.74, 6) is 0.917. The van der Waals surface area contributed by atoms with Gasteiger partial charge in [0.05, 0.1) is 5.69 Å². The van der Waals surface area contributed by atoms with Crippen molar-refractivity contribution in [3.8, 4) is 0 Å². The Bertz CT molecular complexity index is 764. The first-order chi connectivity index (χ1) is 11.8. The third-order valence-electron chi connectivity index (χ3n) is 5.53. The molecule has 3 rings (SSSR count). The second-order valence-corrected chi connectivity index (χ2v) is 8.23. The van der Waals surface area contributed by atoms with Gasteiger partial charge in [0, 0.05) is 18.7 Å². The highest BCUT2D eigenvalue weighted by molar-refractivity contribution is 5.26. The summed E-state index contributed by atoms with van der Waals surface area (Å²) in [6.07, 6.45) is 8.49. The summed E-state index contributed by atoms with van der Waals surface area (Å²) in [5.41, 5.74) is 4.35. The number of hydrogen-bond acceptors (Lipinski definition) is 4. The van der Waals surface area contributed by atoms with Crippen LogP contribution in [-0.2, 0) is 6.42 Å². The molecule has 0 aliphatic heterocycles. The fraction of sp³-hybridized carbons (Fsp3) is 0.684. The Morgan fingerprint density at radius 3 is 2.64 bits per heavy atom. The zero-order chi connectivity index (χ0) is 18.2. The quantitative estimate of drug-likeness (QED) is 0.767. The lowest BCUT2D eigenvalue weighted by atomic mass is 9.71. The average Bonchev–Trinajstić information content (AvgIpc) is 3.19. The molecule has 2 heterocycles. The fourth-order valence-electron chi connectivity index (χ4n) is 3.90. The molecule has 136 valence electrons. The van der Waals surface area contributed by atoms with E-state index in [4.69, 9.17) is 0 Å². The SMILES string of the molecule is CC1=C(Cc2cn([C@@H](C)c3nncn3C(C)C)nn2)C(C)(C)CCC1. The predicted octanol–water partition coefficient (Wildman–Crippen LogP) is 4.13. The largest absolute Gasteiger partial charge is 0.313 e. The van der Waals surface area contributed by atoms with Crippen molar-refractivity contribution < 1.29 is 0 Å². The minimum absolute atomic E-state index is 0.0144. The first-order valence-corrected chi connectivity index (χ1v) is 9.29. The highest BCUT2D eigenvalue weighted by Crippen LogP contribution is 2.41. The van der Waals surface area contributed by atoms with Gasteiger partial charge in [-0.25, -0.2) is 4.68 Å². The summed E-state index contributed by atoms with van der Waals surface area (Å²) in [5, 5.41) is 17.2. The van der Waals surface area contributed by atoms with Gasteiger partial charge in [-0.3, -0.25) is 0 Å². The maximum absolute atomic E-state index is 4.44. The molecule has 0 spiro atoms. The lowest BCUT2D eigenvalue weighted by Crippen LogP contribution is -2.22. The van der Waals surface area contributed by atoms with E-state index in [0.717, 1.165) is 17.9 Å². The fourth-order valence-corrected chi connectivity index (χ4v) is 3.90. The van der Waals surface area contributed by atoms with Gasteiger partial charge in [-0.2, -0.15) is 0 Å². The minimum atomic E-state index is 0.0144. The molecule has 0 saturated carbocycles. The zero-order valence-electron chi connectivity index (χ0n) is 16.3. The van der Waals surface area contributed by atoms with E-state index >= 15 is 0 Å². The van der Waals surface area contributed by atoms with E-state index < -0.39 is 0 Å². The van der Waals surface area contributed by atoms with Gasteiger partial charge in [0.2, 0.25) is 0 Å². The van der Waals surface area contributed by atoms with Crippen molar-refractivity contribution in [3.05, 3.63) is 35.2 Å². The third-order valence-corrected chi connectivity index (χ3v) is 5.53. The Balaban J connectivity index is 1.82. The van der Waals surface area contributed by atoms with Gasteiger partial charge in [-0.05, 0) is 52.4 Å². The molecule has 1 aliphatic carbocycles. The second kappa shape index (κ2) is 6.73. The van der Waals surface area contributed by atoms with Crippen molar-refractivity contribution >= 4 is 0 Å². The Kier molecular flexibility index (Phi) is 4.80. The monoisotopic (exact) mass is 342 g/mol. The molecule has 0 aromatic carbocycles. The minimum Gasteiger partial charge on any atom is -0.313 e. The number of hydrogen-bond donors (Lipinski definition) is 0. The zero-order valence-corrected chi connectivity index (χ0v) is 16.3. The predicted molar refractivity (Wildman–Crippen MR) is 98.3 cm³/mol. The van der Waals surface area contributed by atoms with E-state index in [9.17, 15) is 0 Å². The van der Waals surface area contributed by atoms with Crippen LogP contribution < -0.4 is 0 Å². The van der Waals surface area contributed by atoms with Crippen LogP contribution in [-0.4, -0.2) is 29.8 Å². The second-order valence-electron chi connectivity index (χ2n) is 8.23. The molecular formula is C19H30N6. The Hall–Kier alpha value is -1.98. The van der Waals surface area contributed by atoms with Gasteiger partial charge in [-0.15, -0.1) is 15.3 Å². The Labute approximate surface area is 150 Å². The van der Waals surface area contributed by atoms with E-state index in [1.54, 1.807) is 6.33 Å². The van der Waals surface area contributed by atoms with Crippen molar-refractivity contribution in [2.45, 2.75) is 79.3 Å². The van der Waals surface area contributed by atoms with Crippen LogP contribution in [0.25, 0.3) is 0 Å². The lowest BCUT2D eigenvalue weighted by Gasteiger charge is -2.34. The third kappa shape index (κ3) is 3.53. The van der Waals surface area contributed by atoms with E-state index in [0.29, 0.717) is 6.04 Å². The standard InChI is InChI=1S/C19H30N6/c1-13(2)24-12-20-22-18(24)15(4)25-11-16(21-23-25)10-17-14(3)8-7-9-19(17,5)6/h11-13,15H,7-10H2,1-6H3/t15-/m0/s1. The first-order valence-electron chi connectivity index (χ1n) is 9.29. The summed E-state index contributed by atoms with van der Waals surface area (Å²) in [4.78, 5) is 0. The van der Waals surface area contributed by atoms with Crippen LogP contribution in [0.4, 0.5) is 0 Å². The van der Waals surface area contributed by atoms with Crippen molar-refractivity contribution in [3.63, 3.8) is 0 Å². The van der Waals surface area contributed by atoms with Gasteiger partial charge >= 0.3 is 0 Å². The van der Waals surface area contributed by atoms with E-state index in [-0.39, 0.29) is 11.5 Å². The molecular weight excluding hydrogens is 312 g/mol. The summed E-state index contributed by atoms with van der Waals surface area (Å²) in [6.45, 7) is 13.3. The maximum atomic E-state index is 4.44. The molecule has 0 fully saturated rings. The molecule has 25 heavy (non-hydrogen) atoms. The van der Waals surface area contributed by atoms with Crippen LogP contribution in [0.15, 0.2) is 23.7 Å². The van der Waals surface area contributed by atoms with Crippen LogP contribution in [0.3, 0.4) is 0 Å². The molecule has 0 unspecified atom stereocenters. The average molecular weight is 342 g/mol. The smallest absolute Gasteiger partial charge is 0.157 e. The number of rotatable bonds is 5. The van der Waals surface area contributed by atoms with Crippen LogP contribution in [0.1, 0.15) is 84.4 Å². The van der Waals surface area contributed by atoms with E-state index in [1.165, 1.54) is 30.4 Å². The molecule has 0 saturated heterocycles. The maximum Gasteiger partial charge on any atom is 0.157 e. The van der Waals surface area contributed by atoms with E-state index in [2.05, 4.69) is 72.8 Å². The molecule has 2 aromatic heterocycles. The molecule has 0 N–H and O–H groups in total. The van der Waals surface area contributed by atoms with Crippen molar-refractivity contribution in [1.29, 1.82) is 0 Å². The van der Waals surface area contributed by atoms with Gasteiger partial charge < -0.3 is 4.57 Å². The molecule has 1 aliphatic rings. The van der Waals surface area contributed by atoms with Crippen molar-refractivity contribution in [1.82, 2.24) is 29.8 Å². The normalized spacial score (nSPS) is 18.8. The van der Waals surface area contributed by atoms with Gasteiger partial charge in [0.25, 0.3) is 0 Å². The highest BCUT2D eigenvalue weighted by Gasteiger charge is 2.29. The first kappa shape index (κ1) is 17.8. The number of aromatic nitrogens is 6. The topological polar surface area (TPSA) is 61.4 Å². The molecule has 6 heteroatoms. The lowest BCUT2D eigenvalue weighted by molar-refractivity contribution is 0.358. The van der Waals surface area contributed by atoms with Crippen LogP contribution in [0.5, 0.6) is 0 Å². The van der Waals surface area contributed by atoms with Gasteiger partial charge in [0.1, 0.15) is 12.4 Å². The van der Waals surface area contributed by atoms with Gasteiger partial charge in [-0.1, -0.05) is 30.2 Å². The summed E-state index contributed by atoms with van der Waals surface area (Å²) < 4.78 is 3.99. The Morgan fingerprint density at radius 1 is 1.20 bits per heavy atom. The molecule has 6 nitrogen and oxygen atoms in total. The molecule has 0 amide bonds. The Morgan fingerprint density at radius 2 is 1.96 bits per heavy atom. The van der Waals surface area contributed by atoms with Crippen LogP contribution in [0, 0.1) is 5.41 Å². The van der Waals surface area contributed by atoms with Crippen LogP contribution >= 0.6 is 0 Å². The van der Waals surface area contributed by atoms with Gasteiger partial charge in [0.15, 0.2) is 5.82 Å². The number of nitrogens with zero attached hydrogens (tertiary/aromatic N) is 6. The number of allylic oxidation sites excluding steroid dienone is 2. The molecule has 1 atom stereocenters. The molecule has 0 bridgehead atoms. The van der Waals surface area contributed by atoms with Crippen molar-refractivity contribution in [2.24, 2.45) is 5.41 Å². The van der Waals surface area contributed by atoms with E-state index in [1.807, 2.05) is 4.68 Å². The highest BCUT2D eigenvalue weighted by atomic mass is 15.4. The molecule has 0 radical (unpaired) electrons. The van der Waals surface area contributed by atoms with Crippen LogP contribution in [0.2, 0.25) is 0 Å². The molecule has 2 aromatic rings. The van der Waals surface area contributed by atoms with Crippen molar-refractivity contribution in [2.75, 3.05) is 0 Å². The summed E-state index contributed by atoms with van der Waals surface area (Å²) in [7, 11) is 0. The summed E-state index contributed by atoms with van der Waals surface area (Å²) in [6, 6.07) is 0.340.